The Morgan fingerprint density at radius 1 is 1.00 bits per heavy atom. The van der Waals surface area contributed by atoms with Gasteiger partial charge in [0, 0.05) is 4.47 Å². The maximum Gasteiger partial charge on any atom is 0.344 e. The van der Waals surface area contributed by atoms with Crippen molar-refractivity contribution < 1.29 is 19.1 Å². The molecule has 0 amide bonds. The van der Waals surface area contributed by atoms with Gasteiger partial charge in [0.25, 0.3) is 0 Å². The van der Waals surface area contributed by atoms with Crippen LogP contribution < -0.4 is 21.1 Å². The number of nitrogens with one attached hydrogen (secondary N) is 2. The summed E-state index contributed by atoms with van der Waals surface area (Å²) in [6.07, 6.45) is 0. The van der Waals surface area contributed by atoms with Crippen LogP contribution in [0.5, 0.6) is 5.75 Å². The number of rotatable bonds is 6. The van der Waals surface area contributed by atoms with Crippen LogP contribution in [0.3, 0.4) is 0 Å². The lowest BCUT2D eigenvalue weighted by Gasteiger charge is -2.08. The maximum absolute atomic E-state index is 12.1. The number of fused-ring (bicyclic) bond motifs is 1. The SMILES string of the molecule is NC(C(=O)COC(=O)COc1cccc(Br)c1)=C1Nc2ccccc2N1. The van der Waals surface area contributed by atoms with Crippen molar-refractivity contribution in [3.63, 3.8) is 0 Å². The van der Waals surface area contributed by atoms with E-state index in [2.05, 4.69) is 26.6 Å². The molecule has 0 saturated carbocycles. The zero-order valence-corrected chi connectivity index (χ0v) is 15.2. The number of halogens is 1. The van der Waals surface area contributed by atoms with E-state index in [9.17, 15) is 9.59 Å². The number of hydrogen-bond donors (Lipinski definition) is 3. The van der Waals surface area contributed by atoms with E-state index in [4.69, 9.17) is 15.2 Å². The third-order valence-electron chi connectivity index (χ3n) is 3.53. The molecular formula is C18H16BrN3O4. The van der Waals surface area contributed by atoms with Crippen molar-refractivity contribution in [3.8, 4) is 5.75 Å². The number of benzene rings is 2. The standard InChI is InChI=1S/C18H16BrN3O4/c19-11-4-3-5-12(8-11)25-10-16(24)26-9-15(23)17(20)18-21-13-6-1-2-7-14(13)22-18/h1-8,21-22H,9-10,20H2. The molecule has 0 unspecified atom stereocenters. The van der Waals surface area contributed by atoms with E-state index in [1.807, 2.05) is 30.3 Å². The van der Waals surface area contributed by atoms with Gasteiger partial charge in [0.1, 0.15) is 17.3 Å². The number of ketones is 1. The van der Waals surface area contributed by atoms with Gasteiger partial charge in [0.2, 0.25) is 5.78 Å². The molecule has 26 heavy (non-hydrogen) atoms. The summed E-state index contributed by atoms with van der Waals surface area (Å²) in [4.78, 5) is 23.8. The molecule has 7 nitrogen and oxygen atoms in total. The molecule has 0 radical (unpaired) electrons. The van der Waals surface area contributed by atoms with Gasteiger partial charge in [0.15, 0.2) is 13.2 Å². The fourth-order valence-corrected chi connectivity index (χ4v) is 2.62. The average molecular weight is 418 g/mol. The van der Waals surface area contributed by atoms with E-state index < -0.39 is 18.4 Å². The summed E-state index contributed by atoms with van der Waals surface area (Å²) >= 11 is 3.31. The van der Waals surface area contributed by atoms with Crippen molar-refractivity contribution in [1.82, 2.24) is 0 Å². The van der Waals surface area contributed by atoms with Crippen molar-refractivity contribution in [1.29, 1.82) is 0 Å². The minimum Gasteiger partial charge on any atom is -0.482 e. The Kier molecular flexibility index (Phi) is 5.43. The Morgan fingerprint density at radius 3 is 2.35 bits per heavy atom. The van der Waals surface area contributed by atoms with E-state index in [1.54, 1.807) is 18.2 Å². The highest BCUT2D eigenvalue weighted by Crippen LogP contribution is 2.30. The number of carbonyl (C=O) groups is 2. The highest BCUT2D eigenvalue weighted by molar-refractivity contribution is 9.10. The predicted octanol–water partition coefficient (Wildman–Crippen LogP) is 2.61. The summed E-state index contributed by atoms with van der Waals surface area (Å²) in [6, 6.07) is 14.5. The average Bonchev–Trinajstić information content (AvgIpc) is 3.08. The third-order valence-corrected chi connectivity index (χ3v) is 4.03. The Balaban J connectivity index is 1.49. The van der Waals surface area contributed by atoms with Crippen molar-refractivity contribution in [3.05, 3.63) is 64.5 Å². The summed E-state index contributed by atoms with van der Waals surface area (Å²) in [7, 11) is 0. The molecule has 1 aliphatic heterocycles. The van der Waals surface area contributed by atoms with E-state index in [-0.39, 0.29) is 12.3 Å². The number of carbonyl (C=O) groups excluding carboxylic acids is 2. The lowest BCUT2D eigenvalue weighted by Crippen LogP contribution is -2.25. The summed E-state index contributed by atoms with van der Waals surface area (Å²) in [5.41, 5.74) is 7.44. The topological polar surface area (TPSA) is 103 Å². The van der Waals surface area contributed by atoms with Crippen LogP contribution in [0, 0.1) is 0 Å². The molecule has 134 valence electrons. The quantitative estimate of drug-likeness (QED) is 0.490. The van der Waals surface area contributed by atoms with Crippen LogP contribution in [-0.4, -0.2) is 25.0 Å². The number of anilines is 2. The molecule has 0 aliphatic carbocycles. The lowest BCUT2D eigenvalue weighted by molar-refractivity contribution is -0.149. The van der Waals surface area contributed by atoms with Gasteiger partial charge in [-0.1, -0.05) is 34.1 Å². The molecule has 0 aromatic heterocycles. The van der Waals surface area contributed by atoms with Gasteiger partial charge in [-0.05, 0) is 30.3 Å². The van der Waals surface area contributed by atoms with Gasteiger partial charge >= 0.3 is 5.97 Å². The number of para-hydroxylation sites is 2. The Hall–Kier alpha value is -3.00. The molecule has 0 saturated heterocycles. The fraction of sp³-hybridized carbons (Fsp3) is 0.111. The second kappa shape index (κ2) is 7.92. The molecule has 0 fully saturated rings. The highest BCUT2D eigenvalue weighted by atomic mass is 79.9. The Bertz CT molecular complexity index is 855. The molecule has 2 aromatic carbocycles. The number of ether oxygens (including phenoxy) is 2. The molecule has 3 rings (SSSR count). The van der Waals surface area contributed by atoms with Crippen LogP contribution >= 0.6 is 15.9 Å². The van der Waals surface area contributed by atoms with Crippen LogP contribution in [0.25, 0.3) is 0 Å². The van der Waals surface area contributed by atoms with Crippen molar-refractivity contribution >= 4 is 39.1 Å². The van der Waals surface area contributed by atoms with Crippen LogP contribution in [-0.2, 0) is 14.3 Å². The van der Waals surface area contributed by atoms with E-state index >= 15 is 0 Å². The van der Waals surface area contributed by atoms with Gasteiger partial charge in [-0.3, -0.25) is 4.79 Å². The van der Waals surface area contributed by atoms with Gasteiger partial charge < -0.3 is 25.8 Å². The first-order chi connectivity index (χ1) is 12.5. The maximum atomic E-state index is 12.1. The fourth-order valence-electron chi connectivity index (χ4n) is 2.24. The van der Waals surface area contributed by atoms with Gasteiger partial charge in [-0.15, -0.1) is 0 Å². The predicted molar refractivity (Wildman–Crippen MR) is 101 cm³/mol. The van der Waals surface area contributed by atoms with Crippen LogP contribution in [0.2, 0.25) is 0 Å². The zero-order chi connectivity index (χ0) is 18.5. The van der Waals surface area contributed by atoms with E-state index in [0.29, 0.717) is 11.6 Å². The lowest BCUT2D eigenvalue weighted by atomic mass is 10.3. The van der Waals surface area contributed by atoms with Gasteiger partial charge in [-0.25, -0.2) is 4.79 Å². The second-order valence-electron chi connectivity index (χ2n) is 5.41. The van der Waals surface area contributed by atoms with Crippen LogP contribution in [0.15, 0.2) is 64.5 Å². The molecule has 2 aromatic rings. The molecule has 0 spiro atoms. The molecule has 8 heteroatoms. The molecular weight excluding hydrogens is 402 g/mol. The van der Waals surface area contributed by atoms with Gasteiger partial charge in [0.05, 0.1) is 11.4 Å². The highest BCUT2D eigenvalue weighted by Gasteiger charge is 2.20. The zero-order valence-electron chi connectivity index (χ0n) is 13.6. The first-order valence-electron chi connectivity index (χ1n) is 7.73. The molecule has 0 bridgehead atoms. The smallest absolute Gasteiger partial charge is 0.344 e. The molecule has 0 atom stereocenters. The summed E-state index contributed by atoms with van der Waals surface area (Å²) in [6.45, 7) is -0.766. The van der Waals surface area contributed by atoms with Crippen molar-refractivity contribution in [2.75, 3.05) is 23.8 Å². The third kappa shape index (κ3) is 4.34. The number of hydrogen-bond acceptors (Lipinski definition) is 7. The minimum absolute atomic E-state index is 0.0399. The minimum atomic E-state index is -0.660. The van der Waals surface area contributed by atoms with Gasteiger partial charge in [-0.2, -0.15) is 0 Å². The first-order valence-corrected chi connectivity index (χ1v) is 8.52. The molecule has 4 N–H and O–H groups in total. The largest absolute Gasteiger partial charge is 0.482 e. The van der Waals surface area contributed by atoms with Crippen LogP contribution in [0.1, 0.15) is 0 Å². The normalized spacial score (nSPS) is 11.8. The van der Waals surface area contributed by atoms with E-state index in [0.717, 1.165) is 15.8 Å². The van der Waals surface area contributed by atoms with Crippen LogP contribution in [0.4, 0.5) is 11.4 Å². The number of esters is 1. The first kappa shape index (κ1) is 17.8. The summed E-state index contributed by atoms with van der Waals surface area (Å²) in [5, 5.41) is 6.02. The second-order valence-corrected chi connectivity index (χ2v) is 6.33. The van der Waals surface area contributed by atoms with Crippen molar-refractivity contribution in [2.45, 2.75) is 0 Å². The molecule has 1 heterocycles. The molecule has 1 aliphatic rings. The Morgan fingerprint density at radius 2 is 1.69 bits per heavy atom. The van der Waals surface area contributed by atoms with E-state index in [1.165, 1.54) is 0 Å². The number of Topliss-reactive ketones (excluding diaryl/α,β-unsaturated/α-hetero) is 1. The van der Waals surface area contributed by atoms with Crippen molar-refractivity contribution in [2.24, 2.45) is 5.73 Å². The monoisotopic (exact) mass is 417 g/mol. The number of nitrogens with two attached hydrogens (primary N) is 1. The Labute approximate surface area is 158 Å². The summed E-state index contributed by atoms with van der Waals surface area (Å²) < 4.78 is 11.0. The summed E-state index contributed by atoms with van der Waals surface area (Å²) in [5.74, 6) is -0.283.